The van der Waals surface area contributed by atoms with Crippen LogP contribution in [0.3, 0.4) is 0 Å². The molecule has 4 aromatic rings. The van der Waals surface area contributed by atoms with Gasteiger partial charge < -0.3 is 10.6 Å². The topological polar surface area (TPSA) is 105 Å². The predicted molar refractivity (Wildman–Crippen MR) is 112 cm³/mol. The van der Waals surface area contributed by atoms with E-state index < -0.39 is 0 Å². The molecule has 142 valence electrons. The summed E-state index contributed by atoms with van der Waals surface area (Å²) in [5.41, 5.74) is 1.94. The molecule has 0 saturated carbocycles. The van der Waals surface area contributed by atoms with E-state index in [0.717, 1.165) is 39.4 Å². The maximum atomic E-state index is 12.0. The van der Waals surface area contributed by atoms with Crippen molar-refractivity contribution in [1.82, 2.24) is 25.3 Å². The Bertz CT molecular complexity index is 1060. The second kappa shape index (κ2) is 8.72. The number of nitrogens with zero attached hydrogens (tertiary/aromatic N) is 4. The molecule has 3 N–H and O–H groups in total. The molecule has 0 aromatic carbocycles. The van der Waals surface area contributed by atoms with Gasteiger partial charge in [-0.3, -0.25) is 10.3 Å². The standard InChI is InChI=1S/C18H17N7OS2/c26-17(21-9-12-1-5-19-6-2-12)25-18-22-10-13(28-18)3-7-20-16-15-14(4-8-27-15)23-11-24-16/h1-2,4-6,8,10-11H,3,7,9H2,(H,20,23,24)(H2,21,22,25,26). The Morgan fingerprint density at radius 3 is 2.89 bits per heavy atom. The third kappa shape index (κ3) is 4.59. The largest absolute Gasteiger partial charge is 0.368 e. The molecule has 28 heavy (non-hydrogen) atoms. The molecule has 4 rings (SSSR count). The number of hydrogen-bond donors (Lipinski definition) is 3. The Labute approximate surface area is 169 Å². The van der Waals surface area contributed by atoms with Gasteiger partial charge in [-0.1, -0.05) is 0 Å². The fraction of sp³-hybridized carbons (Fsp3) is 0.167. The summed E-state index contributed by atoms with van der Waals surface area (Å²) in [5.74, 6) is 0.846. The van der Waals surface area contributed by atoms with Crippen LogP contribution in [0.1, 0.15) is 10.4 Å². The van der Waals surface area contributed by atoms with E-state index in [4.69, 9.17) is 0 Å². The summed E-state index contributed by atoms with van der Waals surface area (Å²) in [7, 11) is 0. The van der Waals surface area contributed by atoms with E-state index in [9.17, 15) is 4.79 Å². The number of anilines is 2. The highest BCUT2D eigenvalue weighted by atomic mass is 32.1. The third-order valence-corrected chi connectivity index (χ3v) is 5.77. The number of aromatic nitrogens is 4. The molecule has 0 atom stereocenters. The van der Waals surface area contributed by atoms with E-state index in [0.29, 0.717) is 11.7 Å². The SMILES string of the molecule is O=C(NCc1ccncc1)Nc1ncc(CCNc2ncnc3ccsc23)s1. The molecule has 0 aliphatic heterocycles. The number of pyridine rings is 1. The van der Waals surface area contributed by atoms with Gasteiger partial charge >= 0.3 is 6.03 Å². The van der Waals surface area contributed by atoms with Crippen LogP contribution in [0.5, 0.6) is 0 Å². The number of thiazole rings is 1. The number of rotatable bonds is 7. The molecule has 0 aliphatic carbocycles. The highest BCUT2D eigenvalue weighted by Gasteiger charge is 2.08. The lowest BCUT2D eigenvalue weighted by Crippen LogP contribution is -2.28. The van der Waals surface area contributed by atoms with Crippen LogP contribution in [0.25, 0.3) is 10.2 Å². The quantitative estimate of drug-likeness (QED) is 0.430. The maximum Gasteiger partial charge on any atom is 0.321 e. The number of hydrogen-bond acceptors (Lipinski definition) is 8. The summed E-state index contributed by atoms with van der Waals surface area (Å²) in [5, 5.41) is 11.5. The summed E-state index contributed by atoms with van der Waals surface area (Å²) >= 11 is 3.08. The van der Waals surface area contributed by atoms with Gasteiger partial charge in [-0.05, 0) is 29.1 Å². The number of amides is 2. The third-order valence-electron chi connectivity index (χ3n) is 3.88. The van der Waals surface area contributed by atoms with Crippen molar-refractivity contribution in [2.24, 2.45) is 0 Å². The minimum absolute atomic E-state index is 0.281. The maximum absolute atomic E-state index is 12.0. The van der Waals surface area contributed by atoms with Gasteiger partial charge in [0, 0.05) is 43.0 Å². The van der Waals surface area contributed by atoms with E-state index >= 15 is 0 Å². The van der Waals surface area contributed by atoms with Crippen LogP contribution in [0.2, 0.25) is 0 Å². The minimum Gasteiger partial charge on any atom is -0.368 e. The number of carbonyl (C=O) groups is 1. The highest BCUT2D eigenvalue weighted by molar-refractivity contribution is 7.17. The Balaban J connectivity index is 1.25. The summed E-state index contributed by atoms with van der Waals surface area (Å²) < 4.78 is 1.06. The molecule has 0 fully saturated rings. The van der Waals surface area contributed by atoms with Gasteiger partial charge in [-0.2, -0.15) is 0 Å². The summed E-state index contributed by atoms with van der Waals surface area (Å²) in [6.45, 7) is 1.16. The average Bonchev–Trinajstić information content (AvgIpc) is 3.37. The van der Waals surface area contributed by atoms with Gasteiger partial charge in [0.2, 0.25) is 0 Å². The molecule has 4 aromatic heterocycles. The first-order valence-corrected chi connectivity index (χ1v) is 10.3. The molecule has 0 saturated heterocycles. The van der Waals surface area contributed by atoms with Gasteiger partial charge in [0.1, 0.15) is 12.1 Å². The normalized spacial score (nSPS) is 10.7. The van der Waals surface area contributed by atoms with Crippen LogP contribution >= 0.6 is 22.7 Å². The molecule has 0 unspecified atom stereocenters. The lowest BCUT2D eigenvalue weighted by molar-refractivity contribution is 0.251. The molecule has 8 nitrogen and oxygen atoms in total. The average molecular weight is 412 g/mol. The number of fused-ring (bicyclic) bond motifs is 1. The van der Waals surface area contributed by atoms with Crippen LogP contribution in [0.15, 0.2) is 48.5 Å². The summed E-state index contributed by atoms with van der Waals surface area (Å²) in [6, 6.07) is 5.41. The zero-order chi connectivity index (χ0) is 19.2. The molecule has 2 amide bonds. The van der Waals surface area contributed by atoms with Gasteiger partial charge in [-0.25, -0.2) is 19.7 Å². The van der Waals surface area contributed by atoms with Crippen molar-refractivity contribution < 1.29 is 4.79 Å². The second-order valence-electron chi connectivity index (χ2n) is 5.83. The monoisotopic (exact) mass is 411 g/mol. The van der Waals surface area contributed by atoms with Crippen molar-refractivity contribution in [2.75, 3.05) is 17.2 Å². The van der Waals surface area contributed by atoms with Crippen molar-refractivity contribution >= 4 is 49.9 Å². The van der Waals surface area contributed by atoms with Crippen molar-refractivity contribution in [3.63, 3.8) is 0 Å². The van der Waals surface area contributed by atoms with E-state index in [2.05, 4.69) is 35.9 Å². The smallest absolute Gasteiger partial charge is 0.321 e. The Morgan fingerprint density at radius 2 is 2.00 bits per heavy atom. The molecule has 10 heteroatoms. The Morgan fingerprint density at radius 1 is 1.11 bits per heavy atom. The van der Waals surface area contributed by atoms with Gasteiger partial charge in [0.15, 0.2) is 5.13 Å². The number of nitrogens with one attached hydrogen (secondary N) is 3. The summed E-state index contributed by atoms with van der Waals surface area (Å²) in [4.78, 5) is 29.8. The van der Waals surface area contributed by atoms with Gasteiger partial charge in [0.25, 0.3) is 0 Å². The predicted octanol–water partition coefficient (Wildman–Crippen LogP) is 3.52. The van der Waals surface area contributed by atoms with Crippen LogP contribution in [0, 0.1) is 0 Å². The van der Waals surface area contributed by atoms with Crippen molar-refractivity contribution in [3.8, 4) is 0 Å². The van der Waals surface area contributed by atoms with E-state index in [-0.39, 0.29) is 6.03 Å². The Kier molecular flexibility index (Phi) is 5.69. The number of thiophene rings is 1. The van der Waals surface area contributed by atoms with E-state index in [1.807, 2.05) is 23.6 Å². The van der Waals surface area contributed by atoms with Crippen LogP contribution in [-0.2, 0) is 13.0 Å². The fourth-order valence-electron chi connectivity index (χ4n) is 2.52. The molecule has 0 bridgehead atoms. The van der Waals surface area contributed by atoms with Gasteiger partial charge in [-0.15, -0.1) is 22.7 Å². The molecular weight excluding hydrogens is 394 g/mol. The first-order valence-electron chi connectivity index (χ1n) is 8.58. The minimum atomic E-state index is -0.281. The molecule has 0 radical (unpaired) electrons. The van der Waals surface area contributed by atoms with E-state index in [1.165, 1.54) is 11.3 Å². The van der Waals surface area contributed by atoms with Crippen molar-refractivity contribution in [3.05, 3.63) is 58.9 Å². The lowest BCUT2D eigenvalue weighted by Gasteiger charge is -2.05. The first kappa shape index (κ1) is 18.3. The summed E-state index contributed by atoms with van der Waals surface area (Å²) in [6.07, 6.45) is 7.53. The van der Waals surface area contributed by atoms with Crippen molar-refractivity contribution in [1.29, 1.82) is 0 Å². The number of carbonyl (C=O) groups excluding carboxylic acids is 1. The molecule has 0 aliphatic rings. The second-order valence-corrected chi connectivity index (χ2v) is 7.86. The number of urea groups is 1. The molecular formula is C18H17N7OS2. The van der Waals surface area contributed by atoms with E-state index in [1.54, 1.807) is 36.3 Å². The Hall–Kier alpha value is -3.11. The zero-order valence-electron chi connectivity index (χ0n) is 14.8. The van der Waals surface area contributed by atoms with Gasteiger partial charge in [0.05, 0.1) is 10.2 Å². The lowest BCUT2D eigenvalue weighted by atomic mass is 10.3. The van der Waals surface area contributed by atoms with Crippen molar-refractivity contribution in [2.45, 2.75) is 13.0 Å². The molecule has 0 spiro atoms. The molecule has 4 heterocycles. The highest BCUT2D eigenvalue weighted by Crippen LogP contribution is 2.25. The zero-order valence-corrected chi connectivity index (χ0v) is 16.4. The van der Waals surface area contributed by atoms with Crippen LogP contribution in [0.4, 0.5) is 15.7 Å². The van der Waals surface area contributed by atoms with Crippen LogP contribution in [-0.4, -0.2) is 32.5 Å². The first-order chi connectivity index (χ1) is 13.8. The fourth-order valence-corrected chi connectivity index (χ4v) is 4.14. The van der Waals surface area contributed by atoms with Crippen LogP contribution < -0.4 is 16.0 Å².